The molecule has 1 N–H and O–H groups in total. The quantitative estimate of drug-likeness (QED) is 0.868. The highest BCUT2D eigenvalue weighted by molar-refractivity contribution is 5.85. The summed E-state index contributed by atoms with van der Waals surface area (Å²) in [6, 6.07) is 0. The van der Waals surface area contributed by atoms with Crippen LogP contribution in [-0.4, -0.2) is 16.1 Å². The summed E-state index contributed by atoms with van der Waals surface area (Å²) in [5.41, 5.74) is -1.36. The van der Waals surface area contributed by atoms with Gasteiger partial charge in [-0.1, -0.05) is 20.8 Å². The second-order valence-electron chi connectivity index (χ2n) is 4.08. The summed E-state index contributed by atoms with van der Waals surface area (Å²) in [7, 11) is 0. The van der Waals surface area contributed by atoms with Crippen LogP contribution in [0.15, 0.2) is 4.42 Å². The van der Waals surface area contributed by atoms with Crippen molar-refractivity contribution in [1.82, 2.24) is 4.98 Å². The molecule has 0 amide bonds. The first-order valence-corrected chi connectivity index (χ1v) is 4.82. The van der Waals surface area contributed by atoms with Gasteiger partial charge in [0.25, 0.3) is 6.43 Å². The Kier molecular flexibility index (Phi) is 3.30. The maximum atomic E-state index is 12.5. The van der Waals surface area contributed by atoms with Crippen molar-refractivity contribution in [2.75, 3.05) is 0 Å². The van der Waals surface area contributed by atoms with Gasteiger partial charge in [-0.05, 0) is 6.42 Å². The molecular formula is C10H13F2NO3. The van der Waals surface area contributed by atoms with Crippen molar-refractivity contribution in [2.45, 2.75) is 39.0 Å². The first-order valence-electron chi connectivity index (χ1n) is 4.82. The molecule has 0 spiro atoms. The average molecular weight is 233 g/mol. The number of rotatable bonds is 4. The number of aromatic nitrogens is 1. The molecule has 0 unspecified atom stereocenters. The van der Waals surface area contributed by atoms with Gasteiger partial charge in [-0.3, -0.25) is 0 Å². The maximum absolute atomic E-state index is 12.5. The Hall–Kier alpha value is -1.46. The standard InChI is InChI=1S/C10H13F2NO3/c1-4-10(2,3)9-13-5(7(11)12)6(16-9)8(14)15/h7H,4H2,1-3H3,(H,14,15). The number of aromatic carboxylic acids is 1. The fraction of sp³-hybridized carbons (Fsp3) is 0.600. The Morgan fingerprint density at radius 3 is 2.44 bits per heavy atom. The molecule has 16 heavy (non-hydrogen) atoms. The molecule has 0 saturated carbocycles. The van der Waals surface area contributed by atoms with E-state index in [0.717, 1.165) is 0 Å². The highest BCUT2D eigenvalue weighted by atomic mass is 19.3. The van der Waals surface area contributed by atoms with Crippen LogP contribution in [0.5, 0.6) is 0 Å². The second kappa shape index (κ2) is 4.19. The molecule has 6 heteroatoms. The maximum Gasteiger partial charge on any atom is 0.374 e. The minimum Gasteiger partial charge on any atom is -0.475 e. The van der Waals surface area contributed by atoms with Crippen molar-refractivity contribution in [3.05, 3.63) is 17.3 Å². The van der Waals surface area contributed by atoms with Crippen LogP contribution in [0.2, 0.25) is 0 Å². The third-order valence-electron chi connectivity index (χ3n) is 2.52. The van der Waals surface area contributed by atoms with E-state index in [1.165, 1.54) is 0 Å². The molecule has 0 saturated heterocycles. The van der Waals surface area contributed by atoms with Gasteiger partial charge in [0, 0.05) is 5.41 Å². The van der Waals surface area contributed by atoms with Gasteiger partial charge in [0.15, 0.2) is 5.69 Å². The van der Waals surface area contributed by atoms with Crippen LogP contribution in [0.25, 0.3) is 0 Å². The number of carboxylic acid groups (broad SMARTS) is 1. The highest BCUT2D eigenvalue weighted by Gasteiger charge is 2.32. The summed E-state index contributed by atoms with van der Waals surface area (Å²) >= 11 is 0. The van der Waals surface area contributed by atoms with Crippen LogP contribution in [0.4, 0.5) is 8.78 Å². The Balaban J connectivity index is 3.27. The molecular weight excluding hydrogens is 220 g/mol. The number of carboxylic acids is 1. The summed E-state index contributed by atoms with van der Waals surface area (Å²) < 4.78 is 29.9. The van der Waals surface area contributed by atoms with Crippen molar-refractivity contribution in [3.8, 4) is 0 Å². The van der Waals surface area contributed by atoms with E-state index in [-0.39, 0.29) is 5.89 Å². The van der Waals surface area contributed by atoms with Gasteiger partial charge in [0.1, 0.15) is 0 Å². The van der Waals surface area contributed by atoms with E-state index in [2.05, 4.69) is 4.98 Å². The van der Waals surface area contributed by atoms with Crippen LogP contribution in [0.3, 0.4) is 0 Å². The fourth-order valence-corrected chi connectivity index (χ4v) is 1.07. The number of oxazole rings is 1. The van der Waals surface area contributed by atoms with E-state index >= 15 is 0 Å². The molecule has 0 atom stereocenters. The molecule has 4 nitrogen and oxygen atoms in total. The zero-order valence-corrected chi connectivity index (χ0v) is 9.25. The lowest BCUT2D eigenvalue weighted by atomic mass is 9.90. The molecule has 1 aromatic heterocycles. The third-order valence-corrected chi connectivity index (χ3v) is 2.52. The SMILES string of the molecule is CCC(C)(C)c1nc(C(F)F)c(C(=O)O)o1. The van der Waals surface area contributed by atoms with Gasteiger partial charge in [-0.15, -0.1) is 0 Å². The molecule has 0 aliphatic heterocycles. The largest absolute Gasteiger partial charge is 0.475 e. The topological polar surface area (TPSA) is 63.3 Å². The normalized spacial score (nSPS) is 12.1. The molecule has 1 rings (SSSR count). The summed E-state index contributed by atoms with van der Waals surface area (Å²) in [6.07, 6.45) is -2.34. The van der Waals surface area contributed by atoms with Crippen LogP contribution in [0, 0.1) is 0 Å². The van der Waals surface area contributed by atoms with Gasteiger partial charge in [-0.25, -0.2) is 18.6 Å². The number of alkyl halides is 2. The lowest BCUT2D eigenvalue weighted by Gasteiger charge is -2.17. The zero-order chi connectivity index (χ0) is 12.5. The molecule has 1 heterocycles. The van der Waals surface area contributed by atoms with Crippen LogP contribution in [0.1, 0.15) is 55.8 Å². The molecule has 0 aromatic carbocycles. The van der Waals surface area contributed by atoms with E-state index in [1.807, 2.05) is 6.92 Å². The molecule has 90 valence electrons. The fourth-order valence-electron chi connectivity index (χ4n) is 1.07. The predicted octanol–water partition coefficient (Wildman–Crippen LogP) is 3.00. The molecule has 0 fully saturated rings. The lowest BCUT2D eigenvalue weighted by molar-refractivity contribution is 0.0642. The molecule has 0 aliphatic carbocycles. The van der Waals surface area contributed by atoms with Crippen molar-refractivity contribution < 1.29 is 23.1 Å². The predicted molar refractivity (Wildman–Crippen MR) is 51.7 cm³/mol. The number of hydrogen-bond donors (Lipinski definition) is 1. The molecule has 1 aromatic rings. The van der Waals surface area contributed by atoms with Gasteiger partial charge in [-0.2, -0.15) is 0 Å². The number of nitrogens with zero attached hydrogens (tertiary/aromatic N) is 1. The Morgan fingerprint density at radius 2 is 2.12 bits per heavy atom. The number of halogens is 2. The summed E-state index contributed by atoms with van der Waals surface area (Å²) in [6.45, 7) is 5.34. The third kappa shape index (κ3) is 2.20. The van der Waals surface area contributed by atoms with Gasteiger partial charge in [0.2, 0.25) is 11.7 Å². The lowest BCUT2D eigenvalue weighted by Crippen LogP contribution is -2.15. The average Bonchev–Trinajstić information content (AvgIpc) is 2.62. The van der Waals surface area contributed by atoms with Crippen molar-refractivity contribution in [2.24, 2.45) is 0 Å². The number of carbonyl (C=O) groups is 1. The van der Waals surface area contributed by atoms with E-state index < -0.39 is 29.3 Å². The van der Waals surface area contributed by atoms with E-state index in [9.17, 15) is 13.6 Å². The van der Waals surface area contributed by atoms with Crippen LogP contribution >= 0.6 is 0 Å². The van der Waals surface area contributed by atoms with E-state index in [0.29, 0.717) is 6.42 Å². The summed E-state index contributed by atoms with van der Waals surface area (Å²) in [5, 5.41) is 8.70. The Morgan fingerprint density at radius 1 is 1.56 bits per heavy atom. The molecule has 0 radical (unpaired) electrons. The highest BCUT2D eigenvalue weighted by Crippen LogP contribution is 2.31. The van der Waals surface area contributed by atoms with Crippen LogP contribution in [-0.2, 0) is 5.41 Å². The second-order valence-corrected chi connectivity index (χ2v) is 4.08. The van der Waals surface area contributed by atoms with E-state index in [4.69, 9.17) is 9.52 Å². The van der Waals surface area contributed by atoms with Gasteiger partial charge >= 0.3 is 5.97 Å². The monoisotopic (exact) mass is 233 g/mol. The van der Waals surface area contributed by atoms with Gasteiger partial charge < -0.3 is 9.52 Å². The summed E-state index contributed by atoms with van der Waals surface area (Å²) in [4.78, 5) is 14.3. The molecule has 0 bridgehead atoms. The van der Waals surface area contributed by atoms with Crippen molar-refractivity contribution in [1.29, 1.82) is 0 Å². The first-order chi connectivity index (χ1) is 7.29. The minimum absolute atomic E-state index is 0.0303. The van der Waals surface area contributed by atoms with Gasteiger partial charge in [0.05, 0.1) is 0 Å². The van der Waals surface area contributed by atoms with E-state index in [1.54, 1.807) is 13.8 Å². The van der Waals surface area contributed by atoms with Crippen LogP contribution < -0.4 is 0 Å². The number of hydrogen-bond acceptors (Lipinski definition) is 3. The van der Waals surface area contributed by atoms with Crippen molar-refractivity contribution in [3.63, 3.8) is 0 Å². The Bertz CT molecular complexity index is 399. The Labute approximate surface area is 91.3 Å². The summed E-state index contributed by atoms with van der Waals surface area (Å²) in [5.74, 6) is -2.27. The smallest absolute Gasteiger partial charge is 0.374 e. The minimum atomic E-state index is -2.95. The molecule has 0 aliphatic rings. The van der Waals surface area contributed by atoms with Crippen molar-refractivity contribution >= 4 is 5.97 Å². The first kappa shape index (κ1) is 12.6. The zero-order valence-electron chi connectivity index (χ0n) is 9.25.